The molecule has 1 aromatic rings. The number of aromatic nitrogens is 3. The molecule has 1 saturated heterocycles. The van der Waals surface area contributed by atoms with Gasteiger partial charge in [-0.3, -0.25) is 4.98 Å². The lowest BCUT2D eigenvalue weighted by Gasteiger charge is -2.15. The van der Waals surface area contributed by atoms with Crippen molar-refractivity contribution in [2.45, 2.75) is 25.3 Å². The van der Waals surface area contributed by atoms with Crippen LogP contribution < -0.4 is 11.0 Å². The second-order valence-corrected chi connectivity index (χ2v) is 4.28. The van der Waals surface area contributed by atoms with E-state index in [1.54, 1.807) is 0 Å². The molecule has 2 atom stereocenters. The van der Waals surface area contributed by atoms with Crippen molar-refractivity contribution in [3.8, 4) is 0 Å². The maximum Gasteiger partial charge on any atom is 0.340 e. The molecule has 15 heavy (non-hydrogen) atoms. The van der Waals surface area contributed by atoms with Crippen LogP contribution >= 0.6 is 12.4 Å². The first kappa shape index (κ1) is 10.7. The van der Waals surface area contributed by atoms with E-state index in [9.17, 15) is 4.79 Å². The van der Waals surface area contributed by atoms with Crippen molar-refractivity contribution < 1.29 is 0 Å². The normalized spacial score (nSPS) is 30.1. The van der Waals surface area contributed by atoms with Crippen molar-refractivity contribution in [1.29, 1.82) is 0 Å². The van der Waals surface area contributed by atoms with E-state index in [0.29, 0.717) is 5.92 Å². The topological polar surface area (TPSA) is 73.6 Å². The molecule has 1 aromatic heterocycles. The molecule has 1 aliphatic carbocycles. The van der Waals surface area contributed by atoms with Gasteiger partial charge in [0.25, 0.3) is 0 Å². The van der Waals surface area contributed by atoms with Crippen molar-refractivity contribution in [1.82, 2.24) is 20.5 Å². The Balaban J connectivity index is 0.000000853. The summed E-state index contributed by atoms with van der Waals surface area (Å²) in [5.41, 5.74) is -0.205. The average Bonchev–Trinajstić information content (AvgIpc) is 2.75. The zero-order valence-corrected chi connectivity index (χ0v) is 9.14. The average molecular weight is 231 g/mol. The Labute approximate surface area is 93.5 Å². The second-order valence-electron chi connectivity index (χ2n) is 4.28. The van der Waals surface area contributed by atoms with Gasteiger partial charge in [-0.1, -0.05) is 0 Å². The van der Waals surface area contributed by atoms with E-state index < -0.39 is 0 Å². The highest BCUT2D eigenvalue weighted by molar-refractivity contribution is 5.85. The molecule has 3 N–H and O–H groups in total. The quantitative estimate of drug-likeness (QED) is 0.696. The van der Waals surface area contributed by atoms with Crippen molar-refractivity contribution in [2.24, 2.45) is 11.8 Å². The van der Waals surface area contributed by atoms with Gasteiger partial charge < -0.3 is 5.32 Å². The Hall–Kier alpha value is -0.810. The largest absolute Gasteiger partial charge is 0.340 e. The van der Waals surface area contributed by atoms with Gasteiger partial charge in [-0.15, -0.1) is 12.4 Å². The fourth-order valence-corrected chi connectivity index (χ4v) is 2.49. The minimum atomic E-state index is -0.205. The van der Waals surface area contributed by atoms with Crippen molar-refractivity contribution in [3.63, 3.8) is 0 Å². The van der Waals surface area contributed by atoms with Crippen molar-refractivity contribution >= 4 is 12.4 Å². The van der Waals surface area contributed by atoms with Crippen molar-refractivity contribution in [2.75, 3.05) is 6.54 Å². The molecule has 1 saturated carbocycles. The molecule has 0 aromatic carbocycles. The van der Waals surface area contributed by atoms with Crippen LogP contribution in [-0.4, -0.2) is 21.7 Å². The minimum absolute atomic E-state index is 0. The zero-order chi connectivity index (χ0) is 9.54. The Bertz CT molecular complexity index is 383. The van der Waals surface area contributed by atoms with Gasteiger partial charge in [0, 0.05) is 0 Å². The fraction of sp³-hybridized carbons (Fsp3) is 0.778. The molecule has 1 aliphatic heterocycles. The summed E-state index contributed by atoms with van der Waals surface area (Å²) in [5, 5.41) is 9.83. The second kappa shape index (κ2) is 3.98. The molecule has 0 radical (unpaired) electrons. The fourth-order valence-electron chi connectivity index (χ4n) is 2.49. The Morgan fingerprint density at radius 1 is 1.27 bits per heavy atom. The maximum atomic E-state index is 10.9. The van der Waals surface area contributed by atoms with Gasteiger partial charge in [0.05, 0.1) is 6.04 Å². The molecular formula is C9H15ClN4O. The van der Waals surface area contributed by atoms with E-state index in [-0.39, 0.29) is 24.1 Å². The van der Waals surface area contributed by atoms with Crippen LogP contribution in [0.15, 0.2) is 4.79 Å². The first-order chi connectivity index (χ1) is 6.84. The lowest BCUT2D eigenvalue weighted by Crippen LogP contribution is -2.21. The summed E-state index contributed by atoms with van der Waals surface area (Å²) in [6.07, 6.45) is 3.90. The Kier molecular flexibility index (Phi) is 2.84. The van der Waals surface area contributed by atoms with Gasteiger partial charge in [0.2, 0.25) is 0 Å². The van der Waals surface area contributed by atoms with Gasteiger partial charge >= 0.3 is 5.69 Å². The number of aromatic amines is 2. The highest BCUT2D eigenvalue weighted by Gasteiger charge is 2.41. The molecule has 0 bridgehead atoms. The third kappa shape index (κ3) is 1.94. The smallest absolute Gasteiger partial charge is 0.307 e. The maximum absolute atomic E-state index is 10.9. The summed E-state index contributed by atoms with van der Waals surface area (Å²) in [7, 11) is 0. The lowest BCUT2D eigenvalue weighted by atomic mass is 9.95. The van der Waals surface area contributed by atoms with Crippen LogP contribution in [-0.2, 0) is 0 Å². The summed E-state index contributed by atoms with van der Waals surface area (Å²) in [6, 6.07) is 0.265. The van der Waals surface area contributed by atoms with Gasteiger partial charge in [0.1, 0.15) is 5.82 Å². The number of H-pyrrole nitrogens is 2. The lowest BCUT2D eigenvalue weighted by molar-refractivity contribution is 0.397. The standard InChI is InChI=1S/C9H14N4O.ClH/c14-9-11-8(12-13-9)7-6(3-4-10-7)5-1-2-5;/h5-7,10H,1-4H2,(H2,11,12,13,14);1H. The third-order valence-corrected chi connectivity index (χ3v) is 3.31. The van der Waals surface area contributed by atoms with E-state index in [4.69, 9.17) is 0 Å². The summed E-state index contributed by atoms with van der Waals surface area (Å²) in [4.78, 5) is 13.7. The van der Waals surface area contributed by atoms with Gasteiger partial charge in [-0.25, -0.2) is 9.89 Å². The minimum Gasteiger partial charge on any atom is -0.307 e. The molecule has 0 amide bonds. The molecule has 2 fully saturated rings. The molecule has 0 spiro atoms. The van der Waals surface area contributed by atoms with Crippen LogP contribution in [0, 0.1) is 11.8 Å². The van der Waals surface area contributed by atoms with Crippen LogP contribution in [0.2, 0.25) is 0 Å². The van der Waals surface area contributed by atoms with E-state index in [2.05, 4.69) is 20.5 Å². The van der Waals surface area contributed by atoms with E-state index in [0.717, 1.165) is 18.3 Å². The van der Waals surface area contributed by atoms with Crippen LogP contribution in [0.4, 0.5) is 0 Å². The number of nitrogens with zero attached hydrogens (tertiary/aromatic N) is 1. The molecule has 2 aliphatic rings. The van der Waals surface area contributed by atoms with Crippen LogP contribution in [0.3, 0.4) is 0 Å². The Morgan fingerprint density at radius 2 is 2.07 bits per heavy atom. The predicted octanol–water partition coefficient (Wildman–Crippen LogP) is 0.580. The number of hydrogen-bond acceptors (Lipinski definition) is 3. The molecule has 5 nitrogen and oxygen atoms in total. The summed E-state index contributed by atoms with van der Waals surface area (Å²) in [6.45, 7) is 1.04. The first-order valence-electron chi connectivity index (χ1n) is 5.22. The highest BCUT2D eigenvalue weighted by Crippen LogP contribution is 2.45. The Morgan fingerprint density at radius 3 is 2.67 bits per heavy atom. The summed E-state index contributed by atoms with van der Waals surface area (Å²) >= 11 is 0. The van der Waals surface area contributed by atoms with Crippen LogP contribution in [0.1, 0.15) is 31.1 Å². The van der Waals surface area contributed by atoms with Gasteiger partial charge in [-0.2, -0.15) is 5.10 Å². The van der Waals surface area contributed by atoms with Crippen LogP contribution in [0.5, 0.6) is 0 Å². The molecule has 3 rings (SSSR count). The third-order valence-electron chi connectivity index (χ3n) is 3.31. The van der Waals surface area contributed by atoms with E-state index >= 15 is 0 Å². The SMILES string of the molecule is Cl.O=c1[nH]nc(C2NCCC2C2CC2)[nH]1. The zero-order valence-electron chi connectivity index (χ0n) is 8.32. The molecule has 2 heterocycles. The first-order valence-corrected chi connectivity index (χ1v) is 5.22. The van der Waals surface area contributed by atoms with Crippen LogP contribution in [0.25, 0.3) is 0 Å². The summed E-state index contributed by atoms with van der Waals surface area (Å²) in [5.74, 6) is 2.31. The van der Waals surface area contributed by atoms with Crippen molar-refractivity contribution in [3.05, 3.63) is 16.3 Å². The number of hydrogen-bond donors (Lipinski definition) is 3. The monoisotopic (exact) mass is 230 g/mol. The van der Waals surface area contributed by atoms with Gasteiger partial charge in [-0.05, 0) is 37.6 Å². The molecular weight excluding hydrogens is 216 g/mol. The molecule has 6 heteroatoms. The molecule has 84 valence electrons. The number of halogens is 1. The van der Waals surface area contributed by atoms with E-state index in [1.807, 2.05) is 0 Å². The molecule has 2 unspecified atom stereocenters. The summed E-state index contributed by atoms with van der Waals surface area (Å²) < 4.78 is 0. The van der Waals surface area contributed by atoms with Gasteiger partial charge in [0.15, 0.2) is 0 Å². The van der Waals surface area contributed by atoms with E-state index in [1.165, 1.54) is 19.3 Å². The highest BCUT2D eigenvalue weighted by atomic mass is 35.5. The number of rotatable bonds is 2. The predicted molar refractivity (Wildman–Crippen MR) is 58.0 cm³/mol. The number of nitrogens with one attached hydrogen (secondary N) is 3.